The number of hydrogen-bond donors (Lipinski definition) is 1. The molecule has 1 amide bonds. The van der Waals surface area contributed by atoms with E-state index in [0.29, 0.717) is 30.8 Å². The Morgan fingerprint density at radius 3 is 2.69 bits per heavy atom. The summed E-state index contributed by atoms with van der Waals surface area (Å²) in [5, 5.41) is 3.17. The highest BCUT2D eigenvalue weighted by Crippen LogP contribution is 2.23. The number of nitrogens with zero attached hydrogens (tertiary/aromatic N) is 1. The van der Waals surface area contributed by atoms with Crippen LogP contribution in [0.2, 0.25) is 0 Å². The molecule has 1 N–H and O–H groups in total. The summed E-state index contributed by atoms with van der Waals surface area (Å²) >= 11 is 0. The van der Waals surface area contributed by atoms with Crippen molar-refractivity contribution in [2.24, 2.45) is 0 Å². The Hall–Kier alpha value is -2.45. The summed E-state index contributed by atoms with van der Waals surface area (Å²) in [6, 6.07) is 10.9. The van der Waals surface area contributed by atoms with Crippen molar-refractivity contribution < 1.29 is 17.6 Å². The van der Waals surface area contributed by atoms with Crippen LogP contribution in [0.3, 0.4) is 0 Å². The minimum Gasteiger partial charge on any atom is -0.427 e. The summed E-state index contributed by atoms with van der Waals surface area (Å²) in [6.07, 6.45) is 1.29. The standard InChI is InChI=1S/C21H24N2O5S/c1-14-11-16(8-7-15-5-3-2-4-6-15)28-21(25)19(14)20(24)23-10-9-22-17-12-29(26,27)13-18(17)23/h2-6,11,17-18,22H,7-10,12-13H2,1H3/t17-,18+/m0/s1. The quantitative estimate of drug-likeness (QED) is 0.797. The van der Waals surface area contributed by atoms with Crippen molar-refractivity contribution in [3.8, 4) is 0 Å². The van der Waals surface area contributed by atoms with Gasteiger partial charge in [0, 0.05) is 25.6 Å². The third-order valence-corrected chi connectivity index (χ3v) is 7.38. The molecule has 2 aliphatic rings. The van der Waals surface area contributed by atoms with E-state index in [0.717, 1.165) is 12.0 Å². The molecule has 0 spiro atoms. The number of carbonyl (C=O) groups excluding carboxylic acids is 1. The van der Waals surface area contributed by atoms with Gasteiger partial charge < -0.3 is 14.6 Å². The second kappa shape index (κ2) is 7.76. The summed E-state index contributed by atoms with van der Waals surface area (Å²) in [7, 11) is -3.20. The fourth-order valence-electron chi connectivity index (χ4n) is 4.23. The van der Waals surface area contributed by atoms with Crippen LogP contribution in [0, 0.1) is 6.92 Å². The van der Waals surface area contributed by atoms with Gasteiger partial charge in [-0.2, -0.15) is 0 Å². The Kier molecular flexibility index (Phi) is 5.31. The van der Waals surface area contributed by atoms with E-state index in [-0.39, 0.29) is 23.1 Å². The molecule has 1 aromatic heterocycles. The smallest absolute Gasteiger partial charge is 0.349 e. The number of aryl methyl sites for hydroxylation is 3. The molecule has 154 valence electrons. The van der Waals surface area contributed by atoms with Gasteiger partial charge in [0.2, 0.25) is 0 Å². The van der Waals surface area contributed by atoms with Gasteiger partial charge in [-0.05, 0) is 30.5 Å². The topological polar surface area (TPSA) is 96.7 Å². The normalized spacial score (nSPS) is 23.0. The average Bonchev–Trinajstić information content (AvgIpc) is 3.00. The van der Waals surface area contributed by atoms with E-state index in [1.165, 1.54) is 4.90 Å². The maximum atomic E-state index is 13.1. The number of rotatable bonds is 4. The van der Waals surface area contributed by atoms with Gasteiger partial charge >= 0.3 is 5.63 Å². The maximum Gasteiger partial charge on any atom is 0.349 e. The summed E-state index contributed by atoms with van der Waals surface area (Å²) < 4.78 is 29.5. The Balaban J connectivity index is 1.55. The Morgan fingerprint density at radius 2 is 1.97 bits per heavy atom. The molecule has 4 rings (SSSR count). The fraction of sp³-hybridized carbons (Fsp3) is 0.429. The molecule has 0 saturated carbocycles. The lowest BCUT2D eigenvalue weighted by Gasteiger charge is -2.37. The molecule has 8 heteroatoms. The minimum atomic E-state index is -3.20. The third kappa shape index (κ3) is 4.13. The van der Waals surface area contributed by atoms with Crippen molar-refractivity contribution in [2.75, 3.05) is 24.6 Å². The Morgan fingerprint density at radius 1 is 1.21 bits per heavy atom. The summed E-state index contributed by atoms with van der Waals surface area (Å²) in [6.45, 7) is 2.59. The van der Waals surface area contributed by atoms with Gasteiger partial charge in [0.05, 0.1) is 17.5 Å². The van der Waals surface area contributed by atoms with Crippen LogP contribution >= 0.6 is 0 Å². The van der Waals surface area contributed by atoms with Crippen molar-refractivity contribution in [3.63, 3.8) is 0 Å². The van der Waals surface area contributed by atoms with Gasteiger partial charge in [-0.1, -0.05) is 30.3 Å². The van der Waals surface area contributed by atoms with Crippen molar-refractivity contribution in [1.29, 1.82) is 0 Å². The fourth-order valence-corrected chi connectivity index (χ4v) is 6.18. The first-order valence-electron chi connectivity index (χ1n) is 9.76. The van der Waals surface area contributed by atoms with E-state index in [9.17, 15) is 18.0 Å². The van der Waals surface area contributed by atoms with Gasteiger partial charge in [0.1, 0.15) is 11.3 Å². The van der Waals surface area contributed by atoms with Crippen LogP contribution in [0.15, 0.2) is 45.6 Å². The third-order valence-electron chi connectivity index (χ3n) is 5.66. The first kappa shape index (κ1) is 19.8. The molecule has 2 aliphatic heterocycles. The molecule has 2 aromatic rings. The van der Waals surface area contributed by atoms with Gasteiger partial charge in [-0.3, -0.25) is 4.79 Å². The number of sulfone groups is 1. The zero-order valence-electron chi connectivity index (χ0n) is 16.3. The molecule has 2 fully saturated rings. The predicted molar refractivity (Wildman–Crippen MR) is 109 cm³/mol. The highest BCUT2D eigenvalue weighted by atomic mass is 32.2. The molecule has 2 saturated heterocycles. The molecule has 29 heavy (non-hydrogen) atoms. The highest BCUT2D eigenvalue weighted by molar-refractivity contribution is 7.91. The average molecular weight is 416 g/mol. The molecule has 0 radical (unpaired) electrons. The monoisotopic (exact) mass is 416 g/mol. The van der Waals surface area contributed by atoms with E-state index < -0.39 is 27.4 Å². The number of amides is 1. The van der Waals surface area contributed by atoms with E-state index in [4.69, 9.17) is 4.42 Å². The molecule has 7 nitrogen and oxygen atoms in total. The van der Waals surface area contributed by atoms with E-state index in [2.05, 4.69) is 5.32 Å². The maximum absolute atomic E-state index is 13.1. The predicted octanol–water partition coefficient (Wildman–Crippen LogP) is 0.944. The van der Waals surface area contributed by atoms with Gasteiger partial charge in [-0.25, -0.2) is 13.2 Å². The van der Waals surface area contributed by atoms with Crippen LogP contribution in [0.5, 0.6) is 0 Å². The van der Waals surface area contributed by atoms with Crippen LogP contribution in [0.25, 0.3) is 0 Å². The Bertz CT molecular complexity index is 1080. The molecule has 0 bridgehead atoms. The van der Waals surface area contributed by atoms with Crippen LogP contribution in [0.1, 0.15) is 27.2 Å². The van der Waals surface area contributed by atoms with E-state index >= 15 is 0 Å². The van der Waals surface area contributed by atoms with Crippen LogP contribution in [-0.2, 0) is 22.7 Å². The second-order valence-electron chi connectivity index (χ2n) is 7.75. The zero-order valence-corrected chi connectivity index (χ0v) is 17.1. The summed E-state index contributed by atoms with van der Waals surface area (Å²) in [5.41, 5.74) is 1.04. The van der Waals surface area contributed by atoms with Crippen molar-refractivity contribution in [1.82, 2.24) is 10.2 Å². The lowest BCUT2D eigenvalue weighted by molar-refractivity contribution is 0.0615. The summed E-state index contributed by atoms with van der Waals surface area (Å²) in [4.78, 5) is 27.3. The first-order valence-corrected chi connectivity index (χ1v) is 11.6. The molecule has 0 aliphatic carbocycles. The molecule has 3 heterocycles. The van der Waals surface area contributed by atoms with E-state index in [1.807, 2.05) is 30.3 Å². The number of carbonyl (C=O) groups is 1. The first-order chi connectivity index (χ1) is 13.8. The zero-order chi connectivity index (χ0) is 20.6. The number of benzene rings is 1. The lowest BCUT2D eigenvalue weighted by atomic mass is 10.0. The molecule has 1 aromatic carbocycles. The highest BCUT2D eigenvalue weighted by Gasteiger charge is 2.45. The lowest BCUT2D eigenvalue weighted by Crippen LogP contribution is -2.59. The SMILES string of the molecule is Cc1cc(CCc2ccccc2)oc(=O)c1C(=O)N1CCN[C@H]2CS(=O)(=O)C[C@H]21. The van der Waals surface area contributed by atoms with Gasteiger partial charge in [-0.15, -0.1) is 0 Å². The van der Waals surface area contributed by atoms with Crippen LogP contribution in [0.4, 0.5) is 0 Å². The number of piperazine rings is 1. The molecule has 0 unspecified atom stereocenters. The van der Waals surface area contributed by atoms with Crippen molar-refractivity contribution in [2.45, 2.75) is 31.8 Å². The minimum absolute atomic E-state index is 0.00147. The molecular weight excluding hydrogens is 392 g/mol. The largest absolute Gasteiger partial charge is 0.427 e. The van der Waals surface area contributed by atoms with Gasteiger partial charge in [0.15, 0.2) is 9.84 Å². The Labute approximate surface area is 169 Å². The molecular formula is C21H24N2O5S. The molecule has 2 atom stereocenters. The van der Waals surface area contributed by atoms with Gasteiger partial charge in [0.25, 0.3) is 5.91 Å². The summed E-state index contributed by atoms with van der Waals surface area (Å²) in [5.74, 6) is 0.0395. The number of nitrogens with one attached hydrogen (secondary N) is 1. The van der Waals surface area contributed by atoms with Crippen LogP contribution < -0.4 is 10.9 Å². The number of fused-ring (bicyclic) bond motifs is 1. The van der Waals surface area contributed by atoms with E-state index in [1.54, 1.807) is 13.0 Å². The van der Waals surface area contributed by atoms with Crippen molar-refractivity contribution in [3.05, 3.63) is 69.3 Å². The van der Waals surface area contributed by atoms with Crippen LogP contribution in [-0.4, -0.2) is 55.9 Å². The number of hydrogen-bond acceptors (Lipinski definition) is 6. The van der Waals surface area contributed by atoms with Crippen molar-refractivity contribution >= 4 is 15.7 Å². The second-order valence-corrected chi connectivity index (χ2v) is 9.90.